The average molecular weight is 258 g/mol. The number of hydrogen-bond donors (Lipinski definition) is 1. The first-order valence-corrected chi connectivity index (χ1v) is 5.48. The zero-order valence-corrected chi connectivity index (χ0v) is 9.91. The van der Waals surface area contributed by atoms with Crippen LogP contribution in [-0.4, -0.2) is 5.49 Å². The van der Waals surface area contributed by atoms with Crippen molar-refractivity contribution in [1.29, 1.82) is 0 Å². The minimum Gasteiger partial charge on any atom is -0.378 e. The lowest BCUT2D eigenvalue weighted by atomic mass is 10.1. The van der Waals surface area contributed by atoms with E-state index in [9.17, 15) is 0 Å². The van der Waals surface area contributed by atoms with Crippen molar-refractivity contribution in [2.45, 2.75) is 19.9 Å². The van der Waals surface area contributed by atoms with Crippen LogP contribution in [0, 0.1) is 0 Å². The first kappa shape index (κ1) is 10.7. The van der Waals surface area contributed by atoms with Crippen LogP contribution in [0.4, 0.5) is 0 Å². The Morgan fingerprint density at radius 1 is 1.46 bits per heavy atom. The molecule has 1 nitrogen and oxygen atoms in total. The minimum absolute atomic E-state index is 0.812. The second-order valence-electron chi connectivity index (χ2n) is 2.77. The lowest BCUT2D eigenvalue weighted by Gasteiger charge is -2.07. The van der Waals surface area contributed by atoms with Crippen molar-refractivity contribution >= 4 is 33.6 Å². The van der Waals surface area contributed by atoms with Crippen molar-refractivity contribution in [3.05, 3.63) is 33.8 Å². The predicted molar refractivity (Wildman–Crippen MR) is 64.0 cm³/mol. The fourth-order valence-electron chi connectivity index (χ4n) is 1.26. The molecular formula is C10H12BrNS. The minimum atomic E-state index is 0.812. The summed E-state index contributed by atoms with van der Waals surface area (Å²) in [7, 11) is 0. The third-order valence-electron chi connectivity index (χ3n) is 1.93. The highest BCUT2D eigenvalue weighted by Crippen LogP contribution is 2.16. The van der Waals surface area contributed by atoms with E-state index in [1.54, 1.807) is 5.49 Å². The van der Waals surface area contributed by atoms with Crippen LogP contribution in [-0.2, 0) is 13.0 Å². The van der Waals surface area contributed by atoms with Gasteiger partial charge >= 0.3 is 0 Å². The molecule has 1 N–H and O–H groups in total. The summed E-state index contributed by atoms with van der Waals surface area (Å²) in [5.41, 5.74) is 4.23. The van der Waals surface area contributed by atoms with E-state index in [1.165, 1.54) is 11.1 Å². The molecule has 0 saturated heterocycles. The molecule has 0 radical (unpaired) electrons. The smallest absolute Gasteiger partial charge is 0.0617 e. The number of benzene rings is 1. The van der Waals surface area contributed by atoms with Crippen LogP contribution in [0.25, 0.3) is 0 Å². The van der Waals surface area contributed by atoms with Gasteiger partial charge in [0.25, 0.3) is 0 Å². The van der Waals surface area contributed by atoms with E-state index in [-0.39, 0.29) is 0 Å². The summed E-state index contributed by atoms with van der Waals surface area (Å²) < 4.78 is 1.12. The van der Waals surface area contributed by atoms with Gasteiger partial charge in [-0.15, -0.1) is 0 Å². The van der Waals surface area contributed by atoms with E-state index in [4.69, 9.17) is 12.2 Å². The largest absolute Gasteiger partial charge is 0.378 e. The number of nitrogens with one attached hydrogen (secondary N) is 1. The van der Waals surface area contributed by atoms with E-state index in [1.807, 2.05) is 0 Å². The highest BCUT2D eigenvalue weighted by molar-refractivity contribution is 9.10. The second-order valence-corrected chi connectivity index (χ2v) is 3.92. The molecule has 0 amide bonds. The molecule has 0 saturated carbocycles. The Labute approximate surface area is 92.7 Å². The maximum atomic E-state index is 4.72. The molecule has 13 heavy (non-hydrogen) atoms. The third-order valence-corrected chi connectivity index (χ3v) is 2.58. The fourth-order valence-corrected chi connectivity index (χ4v) is 1.75. The Morgan fingerprint density at radius 3 is 2.85 bits per heavy atom. The molecule has 0 bridgehead atoms. The second kappa shape index (κ2) is 5.35. The Bertz CT molecular complexity index is 299. The van der Waals surface area contributed by atoms with Crippen LogP contribution in [0.3, 0.4) is 0 Å². The van der Waals surface area contributed by atoms with E-state index < -0.39 is 0 Å². The van der Waals surface area contributed by atoms with Crippen molar-refractivity contribution < 1.29 is 0 Å². The Balaban J connectivity index is 2.87. The molecule has 0 fully saturated rings. The highest BCUT2D eigenvalue weighted by atomic mass is 79.9. The molecule has 0 spiro atoms. The molecule has 0 aliphatic carbocycles. The maximum absolute atomic E-state index is 4.72. The molecule has 0 aliphatic rings. The Kier molecular flexibility index (Phi) is 4.39. The molecule has 70 valence electrons. The van der Waals surface area contributed by atoms with Gasteiger partial charge < -0.3 is 5.32 Å². The van der Waals surface area contributed by atoms with Gasteiger partial charge in [-0.2, -0.15) is 0 Å². The van der Waals surface area contributed by atoms with Gasteiger partial charge in [-0.05, 0) is 29.7 Å². The van der Waals surface area contributed by atoms with Gasteiger partial charge in [0.05, 0.1) is 5.49 Å². The monoisotopic (exact) mass is 257 g/mol. The predicted octanol–water partition coefficient (Wildman–Crippen LogP) is 3.06. The van der Waals surface area contributed by atoms with Gasteiger partial charge in [0.15, 0.2) is 0 Å². The summed E-state index contributed by atoms with van der Waals surface area (Å²) in [5, 5.41) is 3.04. The van der Waals surface area contributed by atoms with Crippen molar-refractivity contribution in [2.24, 2.45) is 0 Å². The first-order valence-electron chi connectivity index (χ1n) is 4.22. The zero-order valence-electron chi connectivity index (χ0n) is 7.51. The topological polar surface area (TPSA) is 12.0 Å². The molecule has 3 heteroatoms. The van der Waals surface area contributed by atoms with Crippen molar-refractivity contribution in [3.63, 3.8) is 0 Å². The summed E-state index contributed by atoms with van der Waals surface area (Å²) in [5.74, 6) is 0. The van der Waals surface area contributed by atoms with Crippen molar-refractivity contribution in [2.75, 3.05) is 0 Å². The van der Waals surface area contributed by atoms with Crippen LogP contribution in [0.2, 0.25) is 0 Å². The third kappa shape index (κ3) is 3.08. The maximum Gasteiger partial charge on any atom is 0.0617 e. The SMILES string of the molecule is CCc1ccc(Br)cc1CNC=S. The molecule has 1 aromatic rings. The fraction of sp³-hybridized carbons (Fsp3) is 0.300. The van der Waals surface area contributed by atoms with Gasteiger partial charge in [0, 0.05) is 11.0 Å². The number of aryl methyl sites for hydroxylation is 1. The van der Waals surface area contributed by atoms with Gasteiger partial charge in [-0.25, -0.2) is 0 Å². The molecule has 1 rings (SSSR count). The Morgan fingerprint density at radius 2 is 2.23 bits per heavy atom. The number of rotatable bonds is 4. The summed E-state index contributed by atoms with van der Waals surface area (Å²) >= 11 is 8.17. The van der Waals surface area contributed by atoms with Crippen LogP contribution < -0.4 is 5.32 Å². The summed E-state index contributed by atoms with van der Waals surface area (Å²) in [4.78, 5) is 0. The van der Waals surface area contributed by atoms with Gasteiger partial charge in [0.2, 0.25) is 0 Å². The van der Waals surface area contributed by atoms with E-state index >= 15 is 0 Å². The highest BCUT2D eigenvalue weighted by Gasteiger charge is 1.99. The van der Waals surface area contributed by atoms with Gasteiger partial charge in [-0.3, -0.25) is 0 Å². The number of hydrogen-bond acceptors (Lipinski definition) is 1. The van der Waals surface area contributed by atoms with E-state index in [2.05, 4.69) is 46.4 Å². The summed E-state index contributed by atoms with van der Waals surface area (Å²) in [6, 6.07) is 6.34. The molecule has 0 unspecified atom stereocenters. The van der Waals surface area contributed by atoms with Crippen molar-refractivity contribution in [3.8, 4) is 0 Å². The summed E-state index contributed by atoms with van der Waals surface area (Å²) in [6.07, 6.45) is 1.06. The molecule has 0 heterocycles. The molecule has 0 atom stereocenters. The van der Waals surface area contributed by atoms with Gasteiger partial charge in [-0.1, -0.05) is 41.1 Å². The molecular weight excluding hydrogens is 246 g/mol. The Hall–Kier alpha value is -0.410. The number of thiocarbonyl (C=S) groups is 1. The summed E-state index contributed by atoms with van der Waals surface area (Å²) in [6.45, 7) is 2.97. The molecule has 0 aliphatic heterocycles. The quantitative estimate of drug-likeness (QED) is 0.833. The normalized spacial score (nSPS) is 9.69. The molecule has 1 aromatic carbocycles. The average Bonchev–Trinajstić information content (AvgIpc) is 2.15. The van der Waals surface area contributed by atoms with Crippen LogP contribution in [0.15, 0.2) is 22.7 Å². The lowest BCUT2D eigenvalue weighted by Crippen LogP contribution is -2.10. The molecule has 0 aromatic heterocycles. The van der Waals surface area contributed by atoms with Crippen LogP contribution in [0.1, 0.15) is 18.1 Å². The number of halogens is 1. The zero-order chi connectivity index (χ0) is 9.68. The van der Waals surface area contributed by atoms with Gasteiger partial charge in [0.1, 0.15) is 0 Å². The van der Waals surface area contributed by atoms with Crippen molar-refractivity contribution in [1.82, 2.24) is 5.32 Å². The van der Waals surface area contributed by atoms with E-state index in [0.717, 1.165) is 17.4 Å². The lowest BCUT2D eigenvalue weighted by molar-refractivity contribution is 0.914. The first-order chi connectivity index (χ1) is 6.27. The van der Waals surface area contributed by atoms with E-state index in [0.29, 0.717) is 0 Å². The standard InChI is InChI=1S/C10H12BrNS/c1-2-8-3-4-10(11)5-9(8)6-12-7-13/h3-5,7H,2,6H2,1H3,(H,12,13). The van der Waals surface area contributed by atoms with Crippen LogP contribution >= 0.6 is 28.1 Å². The van der Waals surface area contributed by atoms with Crippen LogP contribution in [0.5, 0.6) is 0 Å².